The fourth-order valence-electron chi connectivity index (χ4n) is 3.30. The lowest BCUT2D eigenvalue weighted by Gasteiger charge is -2.14. The smallest absolute Gasteiger partial charge is 0.338 e. The van der Waals surface area contributed by atoms with Crippen LogP contribution in [-0.4, -0.2) is 24.9 Å². The van der Waals surface area contributed by atoms with E-state index >= 15 is 0 Å². The molecular weight excluding hydrogens is 366 g/mol. The van der Waals surface area contributed by atoms with E-state index < -0.39 is 5.97 Å². The molecule has 0 aromatic heterocycles. The van der Waals surface area contributed by atoms with Crippen LogP contribution in [0.2, 0.25) is 0 Å². The second kappa shape index (κ2) is 7.56. The number of methoxy groups -OCH3 is 1. The normalized spacial score (nSPS) is 13.4. The fourth-order valence-corrected chi connectivity index (χ4v) is 3.30. The summed E-state index contributed by atoms with van der Waals surface area (Å²) >= 11 is 0. The molecule has 0 spiro atoms. The Bertz CT molecular complexity index is 1100. The molecule has 0 aliphatic carbocycles. The van der Waals surface area contributed by atoms with Gasteiger partial charge >= 0.3 is 5.97 Å². The molecule has 142 valence electrons. The summed E-state index contributed by atoms with van der Waals surface area (Å²) in [5.41, 5.74) is 3.18. The zero-order valence-electron chi connectivity index (χ0n) is 15.7. The first-order valence-electron chi connectivity index (χ1n) is 9.03. The third-order valence-electron chi connectivity index (χ3n) is 4.75. The zero-order chi connectivity index (χ0) is 20.4. The SMILES string of the molecule is COC(=O)C(=Cc1ccc(N2C(=O)c3ccccc3C2=O)cc1)c1ccccc1. The number of carbonyl (C=O) groups excluding carboxylic acids is 3. The first kappa shape index (κ1) is 18.4. The average Bonchev–Trinajstić information content (AvgIpc) is 3.03. The van der Waals surface area contributed by atoms with Gasteiger partial charge in [-0.1, -0.05) is 54.6 Å². The van der Waals surface area contributed by atoms with Crippen LogP contribution in [0.5, 0.6) is 0 Å². The Morgan fingerprint density at radius 1 is 0.793 bits per heavy atom. The minimum absolute atomic E-state index is 0.339. The van der Waals surface area contributed by atoms with E-state index in [-0.39, 0.29) is 11.8 Å². The fraction of sp³-hybridized carbons (Fsp3) is 0.0417. The predicted octanol–water partition coefficient (Wildman–Crippen LogP) is 4.20. The van der Waals surface area contributed by atoms with Gasteiger partial charge in [0.05, 0.1) is 29.5 Å². The van der Waals surface area contributed by atoms with E-state index in [1.165, 1.54) is 7.11 Å². The highest BCUT2D eigenvalue weighted by atomic mass is 16.5. The number of ether oxygens (including phenoxy) is 1. The Labute approximate surface area is 167 Å². The summed E-state index contributed by atoms with van der Waals surface area (Å²) in [6, 6.07) is 22.9. The van der Waals surface area contributed by atoms with Gasteiger partial charge < -0.3 is 4.74 Å². The van der Waals surface area contributed by atoms with Gasteiger partial charge in [0, 0.05) is 0 Å². The number of nitrogens with zero attached hydrogens (tertiary/aromatic N) is 1. The molecule has 0 N–H and O–H groups in total. The van der Waals surface area contributed by atoms with Crippen molar-refractivity contribution >= 4 is 35.1 Å². The minimum Gasteiger partial charge on any atom is -0.465 e. The zero-order valence-corrected chi connectivity index (χ0v) is 15.7. The van der Waals surface area contributed by atoms with E-state index in [2.05, 4.69) is 0 Å². The molecule has 3 aromatic carbocycles. The van der Waals surface area contributed by atoms with Crippen LogP contribution in [0.3, 0.4) is 0 Å². The predicted molar refractivity (Wildman–Crippen MR) is 110 cm³/mol. The van der Waals surface area contributed by atoms with Gasteiger partial charge in [-0.25, -0.2) is 9.69 Å². The summed E-state index contributed by atoms with van der Waals surface area (Å²) in [7, 11) is 1.34. The van der Waals surface area contributed by atoms with Gasteiger partial charge in [0.25, 0.3) is 11.8 Å². The van der Waals surface area contributed by atoms with Gasteiger partial charge in [0.1, 0.15) is 0 Å². The van der Waals surface area contributed by atoms with E-state index in [4.69, 9.17) is 4.74 Å². The Morgan fingerprint density at radius 3 is 1.90 bits per heavy atom. The monoisotopic (exact) mass is 383 g/mol. The summed E-state index contributed by atoms with van der Waals surface area (Å²) in [5, 5.41) is 0. The average molecular weight is 383 g/mol. The molecule has 1 heterocycles. The molecule has 0 saturated heterocycles. The second-order valence-corrected chi connectivity index (χ2v) is 6.50. The van der Waals surface area contributed by atoms with Crippen LogP contribution in [0.1, 0.15) is 31.8 Å². The molecule has 5 nitrogen and oxygen atoms in total. The van der Waals surface area contributed by atoms with E-state index in [1.807, 2.05) is 30.3 Å². The molecule has 29 heavy (non-hydrogen) atoms. The number of esters is 1. The molecule has 0 saturated carbocycles. The number of fused-ring (bicyclic) bond motifs is 1. The number of hydrogen-bond donors (Lipinski definition) is 0. The standard InChI is InChI=1S/C24H17NO4/c1-29-24(28)21(17-7-3-2-4-8-17)15-16-11-13-18(14-12-16)25-22(26)19-9-5-6-10-20(19)23(25)27/h2-15H,1H3. The molecule has 2 amide bonds. The molecule has 5 heteroatoms. The molecule has 4 rings (SSSR count). The van der Waals surface area contributed by atoms with Crippen molar-refractivity contribution in [2.45, 2.75) is 0 Å². The van der Waals surface area contributed by atoms with Crippen LogP contribution in [0.25, 0.3) is 11.6 Å². The number of imide groups is 1. The van der Waals surface area contributed by atoms with Gasteiger partial charge in [-0.15, -0.1) is 0 Å². The van der Waals surface area contributed by atoms with Crippen LogP contribution < -0.4 is 4.90 Å². The first-order chi connectivity index (χ1) is 14.1. The number of hydrogen-bond acceptors (Lipinski definition) is 4. The summed E-state index contributed by atoms with van der Waals surface area (Å²) < 4.78 is 4.90. The van der Waals surface area contributed by atoms with Gasteiger partial charge in [0.2, 0.25) is 0 Å². The van der Waals surface area contributed by atoms with Gasteiger partial charge in [-0.2, -0.15) is 0 Å². The Morgan fingerprint density at radius 2 is 1.34 bits per heavy atom. The van der Waals surface area contributed by atoms with Crippen LogP contribution in [0, 0.1) is 0 Å². The molecule has 1 aliphatic rings. The maximum atomic E-state index is 12.6. The number of carbonyl (C=O) groups is 3. The van der Waals surface area contributed by atoms with Gasteiger partial charge in [-0.05, 0) is 41.5 Å². The molecule has 0 radical (unpaired) electrons. The highest BCUT2D eigenvalue weighted by Crippen LogP contribution is 2.29. The molecule has 0 unspecified atom stereocenters. The third-order valence-corrected chi connectivity index (χ3v) is 4.75. The van der Waals surface area contributed by atoms with E-state index in [0.717, 1.165) is 16.0 Å². The van der Waals surface area contributed by atoms with Gasteiger partial charge in [-0.3, -0.25) is 9.59 Å². The summed E-state index contributed by atoms with van der Waals surface area (Å²) in [6.07, 6.45) is 1.72. The highest BCUT2D eigenvalue weighted by molar-refractivity contribution is 6.34. The van der Waals surface area contributed by atoms with Gasteiger partial charge in [0.15, 0.2) is 0 Å². The Kier molecular flexibility index (Phi) is 4.79. The Balaban J connectivity index is 1.66. The first-order valence-corrected chi connectivity index (χ1v) is 9.03. The summed E-state index contributed by atoms with van der Waals surface area (Å²) in [6.45, 7) is 0. The van der Waals surface area contributed by atoms with Crippen LogP contribution in [0.4, 0.5) is 5.69 Å². The van der Waals surface area contributed by atoms with Crippen molar-refractivity contribution in [2.75, 3.05) is 12.0 Å². The molecule has 0 fully saturated rings. The highest BCUT2D eigenvalue weighted by Gasteiger charge is 2.36. The minimum atomic E-state index is -0.444. The lowest BCUT2D eigenvalue weighted by atomic mass is 10.0. The van der Waals surface area contributed by atoms with Crippen molar-refractivity contribution in [3.8, 4) is 0 Å². The maximum absolute atomic E-state index is 12.6. The third kappa shape index (κ3) is 3.34. The van der Waals surface area contributed by atoms with Crippen molar-refractivity contribution in [3.05, 3.63) is 101 Å². The largest absolute Gasteiger partial charge is 0.465 e. The molecular formula is C24H17NO4. The number of rotatable bonds is 4. The second-order valence-electron chi connectivity index (χ2n) is 6.50. The molecule has 0 atom stereocenters. The maximum Gasteiger partial charge on any atom is 0.338 e. The number of benzene rings is 3. The lowest BCUT2D eigenvalue weighted by Crippen LogP contribution is -2.29. The molecule has 1 aliphatic heterocycles. The van der Waals surface area contributed by atoms with Crippen molar-refractivity contribution in [1.82, 2.24) is 0 Å². The quantitative estimate of drug-likeness (QED) is 0.293. The molecule has 0 bridgehead atoms. The topological polar surface area (TPSA) is 63.7 Å². The van der Waals surface area contributed by atoms with Crippen molar-refractivity contribution in [3.63, 3.8) is 0 Å². The van der Waals surface area contributed by atoms with Crippen LogP contribution in [0.15, 0.2) is 78.9 Å². The number of amides is 2. The van der Waals surface area contributed by atoms with Crippen molar-refractivity contribution in [2.24, 2.45) is 0 Å². The van der Waals surface area contributed by atoms with E-state index in [0.29, 0.717) is 22.4 Å². The lowest BCUT2D eigenvalue weighted by molar-refractivity contribution is -0.133. The molecule has 3 aromatic rings. The van der Waals surface area contributed by atoms with Crippen LogP contribution >= 0.6 is 0 Å². The van der Waals surface area contributed by atoms with Crippen molar-refractivity contribution < 1.29 is 19.1 Å². The summed E-state index contributed by atoms with van der Waals surface area (Å²) in [5.74, 6) is -1.12. The summed E-state index contributed by atoms with van der Waals surface area (Å²) in [4.78, 5) is 38.6. The Hall–Kier alpha value is -3.99. The van der Waals surface area contributed by atoms with E-state index in [9.17, 15) is 14.4 Å². The van der Waals surface area contributed by atoms with E-state index in [1.54, 1.807) is 54.6 Å². The van der Waals surface area contributed by atoms with Crippen LogP contribution in [-0.2, 0) is 9.53 Å². The number of anilines is 1. The van der Waals surface area contributed by atoms with Crippen molar-refractivity contribution in [1.29, 1.82) is 0 Å².